The van der Waals surface area contributed by atoms with Crippen molar-refractivity contribution in [2.24, 2.45) is 0 Å². The van der Waals surface area contributed by atoms with E-state index < -0.39 is 0 Å². The number of aliphatic hydroxyl groups is 1. The summed E-state index contributed by atoms with van der Waals surface area (Å²) >= 11 is 0. The molecule has 1 atom stereocenters. The van der Waals surface area contributed by atoms with Gasteiger partial charge in [0.2, 0.25) is 0 Å². The zero-order valence-electron chi connectivity index (χ0n) is 8.53. The highest BCUT2D eigenvalue weighted by atomic mass is 16.3. The van der Waals surface area contributed by atoms with E-state index in [-0.39, 0.29) is 6.10 Å². The highest BCUT2D eigenvalue weighted by Gasteiger charge is 1.99. The topological polar surface area (TPSA) is 25.2 Å². The maximum absolute atomic E-state index is 9.12. The summed E-state index contributed by atoms with van der Waals surface area (Å²) in [4.78, 5) is 0. The Hall–Kier alpha value is -0.760. The SMILES string of the molecule is CCCn1ccc(CCC(C)O)c1. The van der Waals surface area contributed by atoms with E-state index in [9.17, 15) is 0 Å². The van der Waals surface area contributed by atoms with Crippen LogP contribution in [0.2, 0.25) is 0 Å². The average Bonchev–Trinajstić information content (AvgIpc) is 2.50. The molecule has 0 saturated heterocycles. The number of rotatable bonds is 5. The molecule has 0 spiro atoms. The predicted octanol–water partition coefficient (Wildman–Crippen LogP) is 2.21. The lowest BCUT2D eigenvalue weighted by atomic mass is 10.1. The number of nitrogens with zero attached hydrogens (tertiary/aromatic N) is 1. The normalized spacial score (nSPS) is 13.2. The first-order chi connectivity index (χ1) is 6.22. The summed E-state index contributed by atoms with van der Waals surface area (Å²) in [7, 11) is 0. The Labute approximate surface area is 80.2 Å². The third-order valence-corrected chi connectivity index (χ3v) is 2.14. The van der Waals surface area contributed by atoms with Crippen molar-refractivity contribution in [3.8, 4) is 0 Å². The molecule has 2 nitrogen and oxygen atoms in total. The fraction of sp³-hybridized carbons (Fsp3) is 0.636. The highest BCUT2D eigenvalue weighted by Crippen LogP contribution is 2.06. The van der Waals surface area contributed by atoms with Gasteiger partial charge >= 0.3 is 0 Å². The molecule has 0 aliphatic rings. The quantitative estimate of drug-likeness (QED) is 0.740. The lowest BCUT2D eigenvalue weighted by Crippen LogP contribution is -2.00. The monoisotopic (exact) mass is 181 g/mol. The van der Waals surface area contributed by atoms with E-state index in [0.29, 0.717) is 0 Å². The molecule has 0 saturated carbocycles. The molecule has 1 aromatic rings. The highest BCUT2D eigenvalue weighted by molar-refractivity contribution is 5.10. The molecular formula is C11H19NO. The molecule has 0 aliphatic carbocycles. The molecule has 13 heavy (non-hydrogen) atoms. The second-order valence-corrected chi connectivity index (χ2v) is 3.65. The fourth-order valence-electron chi connectivity index (χ4n) is 1.41. The lowest BCUT2D eigenvalue weighted by Gasteiger charge is -2.01. The lowest BCUT2D eigenvalue weighted by molar-refractivity contribution is 0.185. The van der Waals surface area contributed by atoms with Crippen molar-refractivity contribution in [2.75, 3.05) is 0 Å². The summed E-state index contributed by atoms with van der Waals surface area (Å²) in [6.07, 6.45) is 7.11. The first-order valence-electron chi connectivity index (χ1n) is 5.05. The third kappa shape index (κ3) is 3.64. The van der Waals surface area contributed by atoms with Crippen molar-refractivity contribution in [1.82, 2.24) is 4.57 Å². The number of aryl methyl sites for hydroxylation is 2. The second-order valence-electron chi connectivity index (χ2n) is 3.65. The van der Waals surface area contributed by atoms with Crippen molar-refractivity contribution in [1.29, 1.82) is 0 Å². The molecule has 0 fully saturated rings. The van der Waals surface area contributed by atoms with Crippen LogP contribution in [0.4, 0.5) is 0 Å². The van der Waals surface area contributed by atoms with Crippen LogP contribution in [0.5, 0.6) is 0 Å². The molecular weight excluding hydrogens is 162 g/mol. The first-order valence-corrected chi connectivity index (χ1v) is 5.05. The van der Waals surface area contributed by atoms with Crippen LogP contribution in [-0.2, 0) is 13.0 Å². The Kier molecular flexibility index (Phi) is 4.03. The van der Waals surface area contributed by atoms with Crippen molar-refractivity contribution in [2.45, 2.75) is 45.8 Å². The molecule has 1 N–H and O–H groups in total. The van der Waals surface area contributed by atoms with E-state index in [1.165, 1.54) is 12.0 Å². The van der Waals surface area contributed by atoms with Crippen LogP contribution in [0.25, 0.3) is 0 Å². The zero-order chi connectivity index (χ0) is 9.68. The van der Waals surface area contributed by atoms with E-state index in [4.69, 9.17) is 5.11 Å². The van der Waals surface area contributed by atoms with E-state index in [1.807, 2.05) is 6.92 Å². The Morgan fingerprint density at radius 1 is 1.54 bits per heavy atom. The summed E-state index contributed by atoms with van der Waals surface area (Å²) in [5.41, 5.74) is 1.33. The Morgan fingerprint density at radius 2 is 2.31 bits per heavy atom. The van der Waals surface area contributed by atoms with Gasteiger partial charge in [-0.1, -0.05) is 6.92 Å². The Morgan fingerprint density at radius 3 is 2.92 bits per heavy atom. The molecule has 0 aromatic carbocycles. The molecule has 0 bridgehead atoms. The first kappa shape index (κ1) is 10.3. The van der Waals surface area contributed by atoms with Crippen molar-refractivity contribution in [3.05, 3.63) is 24.0 Å². The van der Waals surface area contributed by atoms with Gasteiger partial charge in [-0.15, -0.1) is 0 Å². The van der Waals surface area contributed by atoms with Crippen molar-refractivity contribution in [3.63, 3.8) is 0 Å². The van der Waals surface area contributed by atoms with Gasteiger partial charge < -0.3 is 9.67 Å². The minimum absolute atomic E-state index is 0.186. The number of hydrogen-bond donors (Lipinski definition) is 1. The van der Waals surface area contributed by atoms with Crippen LogP contribution in [-0.4, -0.2) is 15.8 Å². The Balaban J connectivity index is 2.39. The van der Waals surface area contributed by atoms with Crippen molar-refractivity contribution < 1.29 is 5.11 Å². The second kappa shape index (κ2) is 5.07. The minimum Gasteiger partial charge on any atom is -0.393 e. The minimum atomic E-state index is -0.186. The summed E-state index contributed by atoms with van der Waals surface area (Å²) in [6, 6.07) is 2.14. The smallest absolute Gasteiger partial charge is 0.0515 e. The molecule has 1 unspecified atom stereocenters. The van der Waals surface area contributed by atoms with Gasteiger partial charge in [0.15, 0.2) is 0 Å². The third-order valence-electron chi connectivity index (χ3n) is 2.14. The number of aromatic nitrogens is 1. The standard InChI is InChI=1S/C11H19NO/c1-3-7-12-8-6-11(9-12)5-4-10(2)13/h6,8-10,13H,3-5,7H2,1-2H3. The maximum atomic E-state index is 9.12. The summed E-state index contributed by atoms with van der Waals surface area (Å²) in [5, 5.41) is 9.12. The summed E-state index contributed by atoms with van der Waals surface area (Å²) in [6.45, 7) is 5.10. The van der Waals surface area contributed by atoms with Crippen molar-refractivity contribution >= 4 is 0 Å². The molecule has 1 heterocycles. The van der Waals surface area contributed by atoms with E-state index in [2.05, 4.69) is 30.0 Å². The van der Waals surface area contributed by atoms with Crippen LogP contribution in [0.15, 0.2) is 18.5 Å². The van der Waals surface area contributed by atoms with Gasteiger partial charge in [0.05, 0.1) is 6.10 Å². The zero-order valence-corrected chi connectivity index (χ0v) is 8.53. The summed E-state index contributed by atoms with van der Waals surface area (Å²) in [5.74, 6) is 0. The molecule has 0 radical (unpaired) electrons. The van der Waals surface area contributed by atoms with E-state index in [1.54, 1.807) is 0 Å². The van der Waals surface area contributed by atoms with Gasteiger partial charge in [0.25, 0.3) is 0 Å². The molecule has 1 aromatic heterocycles. The largest absolute Gasteiger partial charge is 0.393 e. The molecule has 74 valence electrons. The Bertz CT molecular complexity index is 240. The van der Waals surface area contributed by atoms with Gasteiger partial charge in [-0.3, -0.25) is 0 Å². The molecule has 0 aliphatic heterocycles. The van der Waals surface area contributed by atoms with Crippen LogP contribution < -0.4 is 0 Å². The molecule has 0 amide bonds. The number of aliphatic hydroxyl groups excluding tert-OH is 1. The van der Waals surface area contributed by atoms with Crippen LogP contribution in [0.1, 0.15) is 32.3 Å². The van der Waals surface area contributed by atoms with Crippen LogP contribution in [0, 0.1) is 0 Å². The molecule has 1 rings (SSSR count). The van der Waals surface area contributed by atoms with Gasteiger partial charge in [0.1, 0.15) is 0 Å². The average molecular weight is 181 g/mol. The maximum Gasteiger partial charge on any atom is 0.0515 e. The summed E-state index contributed by atoms with van der Waals surface area (Å²) < 4.78 is 2.21. The number of hydrogen-bond acceptors (Lipinski definition) is 1. The van der Waals surface area contributed by atoms with Gasteiger partial charge in [-0.25, -0.2) is 0 Å². The molecule has 2 heteroatoms. The van der Waals surface area contributed by atoms with Crippen LogP contribution >= 0.6 is 0 Å². The van der Waals surface area contributed by atoms with E-state index in [0.717, 1.165) is 19.4 Å². The van der Waals surface area contributed by atoms with Crippen LogP contribution in [0.3, 0.4) is 0 Å². The fourth-order valence-corrected chi connectivity index (χ4v) is 1.41. The predicted molar refractivity (Wildman–Crippen MR) is 54.7 cm³/mol. The van der Waals surface area contributed by atoms with Gasteiger partial charge in [-0.2, -0.15) is 0 Å². The van der Waals surface area contributed by atoms with E-state index >= 15 is 0 Å². The van der Waals surface area contributed by atoms with Gasteiger partial charge in [-0.05, 0) is 37.8 Å². The van der Waals surface area contributed by atoms with Gasteiger partial charge in [0, 0.05) is 18.9 Å².